The van der Waals surface area contributed by atoms with Crippen molar-refractivity contribution in [3.8, 4) is 11.1 Å². The highest BCUT2D eigenvalue weighted by Crippen LogP contribution is 2.32. The summed E-state index contributed by atoms with van der Waals surface area (Å²) in [5, 5.41) is 14.2. The van der Waals surface area contributed by atoms with Crippen LogP contribution in [0.25, 0.3) is 11.1 Å². The molecule has 6 heteroatoms. The molecular formula is C19H22N2O4. The number of hydrogen-bond acceptors (Lipinski definition) is 4. The van der Waals surface area contributed by atoms with E-state index in [0.29, 0.717) is 13.2 Å². The molecule has 0 saturated carbocycles. The molecular weight excluding hydrogens is 320 g/mol. The van der Waals surface area contributed by atoms with Crippen molar-refractivity contribution in [1.82, 2.24) is 9.78 Å². The van der Waals surface area contributed by atoms with Gasteiger partial charge in [-0.3, -0.25) is 0 Å². The molecule has 0 spiro atoms. The Bertz CT molecular complexity index is 775. The molecule has 6 nitrogen and oxygen atoms in total. The SMILES string of the molecule is O=C(O)C1(n2cc(-c3cccc4c3CCCC4)cn2)COCCOC1. The molecule has 1 fully saturated rings. The topological polar surface area (TPSA) is 73.6 Å². The number of aryl methyl sites for hydroxylation is 1. The second-order valence-electron chi connectivity index (χ2n) is 6.77. The first-order valence-corrected chi connectivity index (χ1v) is 8.76. The van der Waals surface area contributed by atoms with Crippen LogP contribution in [0.4, 0.5) is 0 Å². The van der Waals surface area contributed by atoms with Crippen molar-refractivity contribution < 1.29 is 19.4 Å². The molecule has 1 aliphatic heterocycles. The average Bonchev–Trinajstić information content (AvgIpc) is 2.99. The van der Waals surface area contributed by atoms with Crippen LogP contribution in [-0.4, -0.2) is 47.3 Å². The third-order valence-corrected chi connectivity index (χ3v) is 5.18. The van der Waals surface area contributed by atoms with E-state index in [4.69, 9.17) is 9.47 Å². The molecule has 25 heavy (non-hydrogen) atoms. The van der Waals surface area contributed by atoms with Crippen LogP contribution >= 0.6 is 0 Å². The van der Waals surface area contributed by atoms with Crippen molar-refractivity contribution in [3.63, 3.8) is 0 Å². The molecule has 1 aliphatic carbocycles. The number of fused-ring (bicyclic) bond motifs is 1. The summed E-state index contributed by atoms with van der Waals surface area (Å²) < 4.78 is 12.4. The first-order valence-electron chi connectivity index (χ1n) is 8.76. The monoisotopic (exact) mass is 342 g/mol. The van der Waals surface area contributed by atoms with Gasteiger partial charge in [-0.05, 0) is 42.4 Å². The summed E-state index contributed by atoms with van der Waals surface area (Å²) in [5.41, 5.74) is 3.54. The number of carbonyl (C=O) groups is 1. The van der Waals surface area contributed by atoms with Gasteiger partial charge in [0, 0.05) is 11.8 Å². The fourth-order valence-electron chi connectivity index (χ4n) is 3.74. The van der Waals surface area contributed by atoms with Crippen LogP contribution in [0, 0.1) is 0 Å². The molecule has 4 rings (SSSR count). The first kappa shape index (κ1) is 16.3. The lowest BCUT2D eigenvalue weighted by Crippen LogP contribution is -2.49. The van der Waals surface area contributed by atoms with Gasteiger partial charge < -0.3 is 14.6 Å². The first-order chi connectivity index (χ1) is 12.2. The fraction of sp³-hybridized carbons (Fsp3) is 0.474. The van der Waals surface area contributed by atoms with Gasteiger partial charge in [0.1, 0.15) is 0 Å². The predicted molar refractivity (Wildman–Crippen MR) is 91.6 cm³/mol. The minimum absolute atomic E-state index is 0.0519. The van der Waals surface area contributed by atoms with E-state index in [1.165, 1.54) is 28.7 Å². The average molecular weight is 342 g/mol. The number of carboxylic acid groups (broad SMARTS) is 1. The lowest BCUT2D eigenvalue weighted by atomic mass is 9.86. The molecule has 0 atom stereocenters. The van der Waals surface area contributed by atoms with Crippen molar-refractivity contribution in [1.29, 1.82) is 0 Å². The van der Waals surface area contributed by atoms with Gasteiger partial charge in [-0.15, -0.1) is 0 Å². The maximum Gasteiger partial charge on any atom is 0.336 e. The molecule has 1 N–H and O–H groups in total. The molecule has 1 aromatic carbocycles. The van der Waals surface area contributed by atoms with Crippen LogP contribution in [0.15, 0.2) is 30.6 Å². The van der Waals surface area contributed by atoms with Gasteiger partial charge in [-0.2, -0.15) is 5.10 Å². The van der Waals surface area contributed by atoms with Gasteiger partial charge in [-0.1, -0.05) is 18.2 Å². The third-order valence-electron chi connectivity index (χ3n) is 5.18. The number of aliphatic carboxylic acids is 1. The van der Waals surface area contributed by atoms with Gasteiger partial charge in [0.15, 0.2) is 0 Å². The Balaban J connectivity index is 1.74. The molecule has 2 heterocycles. The minimum Gasteiger partial charge on any atom is -0.479 e. The van der Waals surface area contributed by atoms with Crippen molar-refractivity contribution in [2.45, 2.75) is 31.2 Å². The predicted octanol–water partition coefficient (Wildman–Crippen LogP) is 2.26. The number of carboxylic acids is 1. The van der Waals surface area contributed by atoms with Crippen molar-refractivity contribution in [2.24, 2.45) is 0 Å². The van der Waals surface area contributed by atoms with E-state index < -0.39 is 11.5 Å². The summed E-state index contributed by atoms with van der Waals surface area (Å²) in [6.45, 7) is 0.900. The summed E-state index contributed by atoms with van der Waals surface area (Å²) in [6, 6.07) is 6.36. The third kappa shape index (κ3) is 2.85. The van der Waals surface area contributed by atoms with Crippen LogP contribution in [0.3, 0.4) is 0 Å². The molecule has 1 saturated heterocycles. The van der Waals surface area contributed by atoms with Crippen molar-refractivity contribution in [3.05, 3.63) is 41.7 Å². The largest absolute Gasteiger partial charge is 0.479 e. The summed E-state index contributed by atoms with van der Waals surface area (Å²) in [7, 11) is 0. The van der Waals surface area contributed by atoms with E-state index in [0.717, 1.165) is 24.0 Å². The number of rotatable bonds is 3. The fourth-order valence-corrected chi connectivity index (χ4v) is 3.74. The number of hydrogen-bond donors (Lipinski definition) is 1. The van der Waals surface area contributed by atoms with E-state index in [1.807, 2.05) is 6.20 Å². The minimum atomic E-state index is -1.32. The van der Waals surface area contributed by atoms with Crippen LogP contribution in [-0.2, 0) is 32.6 Å². The maximum atomic E-state index is 12.0. The molecule has 132 valence electrons. The van der Waals surface area contributed by atoms with Crippen LogP contribution < -0.4 is 0 Å². The highest BCUT2D eigenvalue weighted by molar-refractivity contribution is 5.77. The molecule has 2 aromatic rings. The maximum absolute atomic E-state index is 12.0. The zero-order valence-electron chi connectivity index (χ0n) is 14.1. The van der Waals surface area contributed by atoms with Crippen LogP contribution in [0.2, 0.25) is 0 Å². The second-order valence-corrected chi connectivity index (χ2v) is 6.77. The highest BCUT2D eigenvalue weighted by Gasteiger charge is 2.43. The normalized spacial score (nSPS) is 19.8. The molecule has 0 radical (unpaired) electrons. The molecule has 0 bridgehead atoms. The van der Waals surface area contributed by atoms with Gasteiger partial charge in [0.25, 0.3) is 0 Å². The molecule has 0 unspecified atom stereocenters. The Hall–Kier alpha value is -2.18. The Morgan fingerprint density at radius 1 is 1.16 bits per heavy atom. The highest BCUT2D eigenvalue weighted by atomic mass is 16.5. The Kier molecular flexibility index (Phi) is 4.31. The standard InChI is InChI=1S/C19H22N2O4/c22-18(23)19(12-24-8-9-25-13-19)21-11-15(10-20-21)17-7-3-5-14-4-1-2-6-16(14)17/h3,5,7,10-11H,1-2,4,6,8-9,12-13H2,(H,22,23). The van der Waals surface area contributed by atoms with Gasteiger partial charge >= 0.3 is 5.97 Å². The smallest absolute Gasteiger partial charge is 0.336 e. The van der Waals surface area contributed by atoms with Gasteiger partial charge in [0.05, 0.1) is 32.6 Å². The Labute approximate surface area is 146 Å². The van der Waals surface area contributed by atoms with E-state index in [9.17, 15) is 9.90 Å². The second kappa shape index (κ2) is 6.61. The van der Waals surface area contributed by atoms with Crippen molar-refractivity contribution >= 4 is 5.97 Å². The number of nitrogens with zero attached hydrogens (tertiary/aromatic N) is 2. The quantitative estimate of drug-likeness (QED) is 0.926. The van der Waals surface area contributed by atoms with Gasteiger partial charge in [-0.25, -0.2) is 9.48 Å². The molecule has 0 amide bonds. The van der Waals surface area contributed by atoms with E-state index in [2.05, 4.69) is 23.3 Å². The van der Waals surface area contributed by atoms with Crippen LogP contribution in [0.1, 0.15) is 24.0 Å². The van der Waals surface area contributed by atoms with Crippen molar-refractivity contribution in [2.75, 3.05) is 26.4 Å². The Morgan fingerprint density at radius 3 is 2.68 bits per heavy atom. The van der Waals surface area contributed by atoms with E-state index in [1.54, 1.807) is 6.20 Å². The summed E-state index contributed by atoms with van der Waals surface area (Å²) in [6.07, 6.45) is 8.16. The van der Waals surface area contributed by atoms with E-state index in [-0.39, 0.29) is 13.2 Å². The summed E-state index contributed by atoms with van der Waals surface area (Å²) in [4.78, 5) is 12.0. The summed E-state index contributed by atoms with van der Waals surface area (Å²) >= 11 is 0. The zero-order chi connectivity index (χ0) is 17.3. The number of aromatic nitrogens is 2. The lowest BCUT2D eigenvalue weighted by Gasteiger charge is -2.27. The summed E-state index contributed by atoms with van der Waals surface area (Å²) in [5.74, 6) is -0.987. The van der Waals surface area contributed by atoms with Crippen LogP contribution in [0.5, 0.6) is 0 Å². The lowest BCUT2D eigenvalue weighted by molar-refractivity contribution is -0.153. The molecule has 1 aromatic heterocycles. The number of ether oxygens (including phenoxy) is 2. The molecule has 2 aliphatic rings. The zero-order valence-corrected chi connectivity index (χ0v) is 14.1. The van der Waals surface area contributed by atoms with Gasteiger partial charge in [0.2, 0.25) is 5.54 Å². The Morgan fingerprint density at radius 2 is 1.92 bits per heavy atom. The number of benzene rings is 1. The van der Waals surface area contributed by atoms with E-state index >= 15 is 0 Å².